The Hall–Kier alpha value is -1.31. The molecule has 0 N–H and O–H groups in total. The molecule has 1 aromatic rings. The summed E-state index contributed by atoms with van der Waals surface area (Å²) in [5.41, 5.74) is 3.86. The zero-order valence-corrected chi connectivity index (χ0v) is 10.2. The van der Waals surface area contributed by atoms with E-state index in [1.54, 1.807) is 0 Å². The Kier molecular flexibility index (Phi) is 2.99. The van der Waals surface area contributed by atoms with Crippen molar-refractivity contribution in [1.82, 2.24) is 0 Å². The van der Waals surface area contributed by atoms with Crippen molar-refractivity contribution >= 4 is 12.0 Å². The summed E-state index contributed by atoms with van der Waals surface area (Å²) < 4.78 is 0. The van der Waals surface area contributed by atoms with Gasteiger partial charge in [-0.15, -0.1) is 0 Å². The molecule has 0 fully saturated rings. The summed E-state index contributed by atoms with van der Waals surface area (Å²) >= 11 is 0. The Bertz CT molecular complexity index is 398. The van der Waals surface area contributed by atoms with Crippen LogP contribution < -0.4 is 4.90 Å². The lowest BCUT2D eigenvalue weighted by Gasteiger charge is -2.30. The van der Waals surface area contributed by atoms with Crippen LogP contribution in [-0.4, -0.2) is 18.4 Å². The van der Waals surface area contributed by atoms with Gasteiger partial charge >= 0.3 is 0 Å². The van der Waals surface area contributed by atoms with E-state index in [0.717, 1.165) is 12.7 Å². The van der Waals surface area contributed by atoms with Crippen LogP contribution in [0, 0.1) is 0 Å². The molecule has 2 nitrogen and oxygen atoms in total. The van der Waals surface area contributed by atoms with Gasteiger partial charge in [0.2, 0.25) is 0 Å². The van der Waals surface area contributed by atoms with E-state index < -0.39 is 0 Å². The zero-order chi connectivity index (χ0) is 11.7. The van der Waals surface area contributed by atoms with E-state index in [1.165, 1.54) is 16.8 Å². The Morgan fingerprint density at radius 2 is 2.25 bits per heavy atom. The average molecular weight is 217 g/mol. The third kappa shape index (κ3) is 1.73. The minimum absolute atomic E-state index is 0.490. The molecule has 86 valence electrons. The molecule has 16 heavy (non-hydrogen) atoms. The van der Waals surface area contributed by atoms with Crippen molar-refractivity contribution in [1.29, 1.82) is 0 Å². The van der Waals surface area contributed by atoms with Gasteiger partial charge in [0, 0.05) is 24.2 Å². The van der Waals surface area contributed by atoms with Crippen LogP contribution in [-0.2, 0) is 17.6 Å². The molecule has 0 aromatic heterocycles. The summed E-state index contributed by atoms with van der Waals surface area (Å²) in [4.78, 5) is 13.2. The highest BCUT2D eigenvalue weighted by molar-refractivity contribution is 5.70. The van der Waals surface area contributed by atoms with Gasteiger partial charge in [-0.05, 0) is 38.3 Å². The van der Waals surface area contributed by atoms with Gasteiger partial charge in [0.1, 0.15) is 6.29 Å². The molecular weight excluding hydrogens is 198 g/mol. The van der Waals surface area contributed by atoms with Gasteiger partial charge in [0.15, 0.2) is 0 Å². The predicted molar refractivity (Wildman–Crippen MR) is 67.0 cm³/mol. The van der Waals surface area contributed by atoms with Crippen LogP contribution in [0.4, 0.5) is 5.69 Å². The molecule has 0 saturated carbocycles. The third-order valence-electron chi connectivity index (χ3n) is 3.31. The first-order chi connectivity index (χ1) is 7.65. The highest BCUT2D eigenvalue weighted by atomic mass is 16.1. The van der Waals surface area contributed by atoms with E-state index in [2.05, 4.69) is 43.9 Å². The average Bonchev–Trinajstić information content (AvgIpc) is 2.55. The summed E-state index contributed by atoms with van der Waals surface area (Å²) in [5, 5.41) is 0. The number of carbonyl (C=O) groups excluding carboxylic acids is 1. The summed E-state index contributed by atoms with van der Waals surface area (Å²) in [7, 11) is 0. The molecule has 2 heteroatoms. The van der Waals surface area contributed by atoms with Crippen molar-refractivity contribution < 1.29 is 4.79 Å². The number of benzene rings is 1. The van der Waals surface area contributed by atoms with Crippen LogP contribution in [0.3, 0.4) is 0 Å². The Labute approximate surface area is 97.3 Å². The largest absolute Gasteiger partial charge is 0.366 e. The summed E-state index contributed by atoms with van der Waals surface area (Å²) in [6, 6.07) is 7.35. The van der Waals surface area contributed by atoms with E-state index in [9.17, 15) is 4.79 Å². The Morgan fingerprint density at radius 1 is 1.50 bits per heavy atom. The van der Waals surface area contributed by atoms with Crippen LogP contribution in [0.25, 0.3) is 0 Å². The second kappa shape index (κ2) is 4.28. The monoisotopic (exact) mass is 217 g/mol. The minimum Gasteiger partial charge on any atom is -0.366 e. The molecule has 1 heterocycles. The normalized spacial score (nSPS) is 19.0. The molecule has 0 aliphatic carbocycles. The van der Waals surface area contributed by atoms with Gasteiger partial charge in [-0.1, -0.05) is 18.2 Å². The summed E-state index contributed by atoms with van der Waals surface area (Å²) in [6.07, 6.45) is 2.62. The lowest BCUT2D eigenvalue weighted by atomic mass is 10.0. The van der Waals surface area contributed by atoms with Gasteiger partial charge in [0.05, 0.1) is 0 Å². The Balaban J connectivity index is 2.48. The maximum absolute atomic E-state index is 10.7. The third-order valence-corrected chi connectivity index (χ3v) is 3.31. The fraction of sp³-hybridized carbons (Fsp3) is 0.500. The molecule has 0 spiro atoms. The lowest BCUT2D eigenvalue weighted by molar-refractivity contribution is -0.107. The number of fused-ring (bicyclic) bond motifs is 1. The van der Waals surface area contributed by atoms with Gasteiger partial charge in [-0.3, -0.25) is 0 Å². The molecule has 2 rings (SSSR count). The van der Waals surface area contributed by atoms with Gasteiger partial charge < -0.3 is 9.69 Å². The smallest absolute Gasteiger partial charge is 0.124 e. The number of hydrogen-bond acceptors (Lipinski definition) is 2. The number of nitrogens with zero attached hydrogens (tertiary/aromatic N) is 1. The number of hydrogen-bond donors (Lipinski definition) is 0. The van der Waals surface area contributed by atoms with Crippen LogP contribution in [0.2, 0.25) is 0 Å². The molecule has 0 amide bonds. The first-order valence-corrected chi connectivity index (χ1v) is 5.98. The fourth-order valence-electron chi connectivity index (χ4n) is 2.80. The van der Waals surface area contributed by atoms with Crippen molar-refractivity contribution in [3.63, 3.8) is 0 Å². The number of anilines is 1. The van der Waals surface area contributed by atoms with Crippen LogP contribution >= 0.6 is 0 Å². The second-order valence-corrected chi connectivity index (χ2v) is 4.85. The van der Waals surface area contributed by atoms with Crippen LogP contribution in [0.1, 0.15) is 31.9 Å². The van der Waals surface area contributed by atoms with E-state index in [0.29, 0.717) is 18.5 Å². The first kappa shape index (κ1) is 11.2. The molecule has 0 radical (unpaired) electrons. The molecule has 1 unspecified atom stereocenters. The quantitative estimate of drug-likeness (QED) is 0.725. The fourth-order valence-corrected chi connectivity index (χ4v) is 2.80. The summed E-state index contributed by atoms with van der Waals surface area (Å²) in [5.74, 6) is 0. The number of carbonyl (C=O) groups is 1. The Morgan fingerprint density at radius 3 is 2.88 bits per heavy atom. The second-order valence-electron chi connectivity index (χ2n) is 4.85. The van der Waals surface area contributed by atoms with Crippen molar-refractivity contribution in [2.45, 2.75) is 45.7 Å². The van der Waals surface area contributed by atoms with Gasteiger partial charge in [0.25, 0.3) is 0 Å². The highest BCUT2D eigenvalue weighted by Crippen LogP contribution is 2.36. The minimum atomic E-state index is 0.490. The summed E-state index contributed by atoms with van der Waals surface area (Å²) in [6.45, 7) is 6.68. The predicted octanol–water partition coefficient (Wildman–Crippen LogP) is 2.59. The number of rotatable bonds is 3. The van der Waals surface area contributed by atoms with Gasteiger partial charge in [-0.2, -0.15) is 0 Å². The van der Waals surface area contributed by atoms with E-state index in [-0.39, 0.29) is 0 Å². The maximum Gasteiger partial charge on any atom is 0.124 e. The van der Waals surface area contributed by atoms with E-state index >= 15 is 0 Å². The highest BCUT2D eigenvalue weighted by Gasteiger charge is 2.29. The number of aldehydes is 1. The molecule has 1 aliphatic rings. The zero-order valence-electron chi connectivity index (χ0n) is 10.2. The molecule has 1 aromatic carbocycles. The van der Waals surface area contributed by atoms with Crippen molar-refractivity contribution in [2.75, 3.05) is 4.90 Å². The first-order valence-electron chi connectivity index (χ1n) is 5.98. The molecular formula is C14H19NO. The van der Waals surface area contributed by atoms with E-state index in [1.807, 2.05) is 0 Å². The topological polar surface area (TPSA) is 20.3 Å². The molecule has 0 bridgehead atoms. The maximum atomic E-state index is 10.7. The number of para-hydroxylation sites is 1. The standard InChI is InChI=1S/C14H19NO/c1-10(2)15-11(3)9-13-6-4-5-12(7-8-16)14(13)15/h4-6,8,10-11H,7,9H2,1-3H3. The van der Waals surface area contributed by atoms with Crippen molar-refractivity contribution in [3.8, 4) is 0 Å². The molecule has 1 atom stereocenters. The lowest BCUT2D eigenvalue weighted by Crippen LogP contribution is -2.36. The van der Waals surface area contributed by atoms with Crippen molar-refractivity contribution in [2.24, 2.45) is 0 Å². The molecule has 1 aliphatic heterocycles. The van der Waals surface area contributed by atoms with Crippen molar-refractivity contribution in [3.05, 3.63) is 29.3 Å². The van der Waals surface area contributed by atoms with Crippen LogP contribution in [0.15, 0.2) is 18.2 Å². The van der Waals surface area contributed by atoms with Crippen LogP contribution in [0.5, 0.6) is 0 Å². The van der Waals surface area contributed by atoms with E-state index in [4.69, 9.17) is 0 Å². The van der Waals surface area contributed by atoms with Gasteiger partial charge in [-0.25, -0.2) is 0 Å². The SMILES string of the molecule is CC(C)N1c2c(CC=O)cccc2CC1C. The molecule has 0 saturated heterocycles.